The first-order valence-corrected chi connectivity index (χ1v) is 6.08. The van der Waals surface area contributed by atoms with Crippen LogP contribution in [0.3, 0.4) is 0 Å². The van der Waals surface area contributed by atoms with Crippen molar-refractivity contribution in [2.45, 2.75) is 73.1 Å². The summed E-state index contributed by atoms with van der Waals surface area (Å²) in [6.45, 7) is 11.8. The van der Waals surface area contributed by atoms with E-state index in [0.717, 1.165) is 5.92 Å². The Hall–Kier alpha value is 0. The molecule has 0 saturated heterocycles. The Morgan fingerprint density at radius 3 is 1.62 bits per heavy atom. The zero-order chi connectivity index (χ0) is 10.3. The molecule has 0 aromatic heterocycles. The van der Waals surface area contributed by atoms with Gasteiger partial charge in [0.1, 0.15) is 0 Å². The molecule has 0 aromatic rings. The van der Waals surface area contributed by atoms with Crippen molar-refractivity contribution in [1.82, 2.24) is 0 Å². The van der Waals surface area contributed by atoms with Crippen molar-refractivity contribution in [2.75, 3.05) is 0 Å². The maximum Gasteiger partial charge on any atom is -0.0326 e. The van der Waals surface area contributed by atoms with Crippen LogP contribution in [0.4, 0.5) is 0 Å². The summed E-state index contributed by atoms with van der Waals surface area (Å²) in [4.78, 5) is 0. The van der Waals surface area contributed by atoms with E-state index in [1.54, 1.807) is 0 Å². The van der Waals surface area contributed by atoms with Gasteiger partial charge in [0.15, 0.2) is 0 Å². The molecule has 13 heavy (non-hydrogen) atoms. The zero-order valence-electron chi connectivity index (χ0n) is 10.3. The molecule has 0 unspecified atom stereocenters. The summed E-state index contributed by atoms with van der Waals surface area (Å²) >= 11 is 0. The smallest absolute Gasteiger partial charge is 0.0326 e. The van der Waals surface area contributed by atoms with E-state index < -0.39 is 0 Å². The van der Waals surface area contributed by atoms with E-state index in [2.05, 4.69) is 34.6 Å². The summed E-state index contributed by atoms with van der Waals surface area (Å²) in [5, 5.41) is 0. The van der Waals surface area contributed by atoms with E-state index in [9.17, 15) is 0 Å². The third-order valence-electron chi connectivity index (χ3n) is 3.27. The molecule has 0 heteroatoms. The van der Waals surface area contributed by atoms with Crippen molar-refractivity contribution < 1.29 is 0 Å². The van der Waals surface area contributed by atoms with Crippen molar-refractivity contribution in [3.8, 4) is 0 Å². The van der Waals surface area contributed by atoms with Gasteiger partial charge in [0, 0.05) is 0 Å². The fourth-order valence-electron chi connectivity index (χ4n) is 2.47. The molecule has 0 atom stereocenters. The summed E-state index contributed by atoms with van der Waals surface area (Å²) in [7, 11) is 0. The maximum atomic E-state index is 2.45. The monoisotopic (exact) mass is 184 g/mol. The Morgan fingerprint density at radius 1 is 0.846 bits per heavy atom. The molecule has 0 heterocycles. The van der Waals surface area contributed by atoms with Gasteiger partial charge >= 0.3 is 0 Å². The SMILES string of the molecule is CCCC(CCC)C(C)(C)CCC. The highest BCUT2D eigenvalue weighted by atomic mass is 14.3. The Bertz CT molecular complexity index is 107. The predicted octanol–water partition coefficient (Wildman–Crippen LogP) is 5.03. The van der Waals surface area contributed by atoms with Gasteiger partial charge in [0.05, 0.1) is 0 Å². The second-order valence-corrected chi connectivity index (χ2v) is 5.01. The molecule has 0 amide bonds. The molecule has 0 bridgehead atoms. The average Bonchev–Trinajstić information content (AvgIpc) is 2.04. The second kappa shape index (κ2) is 6.45. The van der Waals surface area contributed by atoms with E-state index in [1.807, 2.05) is 0 Å². The van der Waals surface area contributed by atoms with Crippen LogP contribution in [0.5, 0.6) is 0 Å². The number of hydrogen-bond donors (Lipinski definition) is 0. The molecule has 0 radical (unpaired) electrons. The summed E-state index contributed by atoms with van der Waals surface area (Å²) in [6, 6.07) is 0. The van der Waals surface area contributed by atoms with E-state index in [4.69, 9.17) is 0 Å². The molecule has 0 nitrogen and oxygen atoms in total. The van der Waals surface area contributed by atoms with Gasteiger partial charge in [-0.3, -0.25) is 0 Å². The minimum Gasteiger partial charge on any atom is -0.0654 e. The van der Waals surface area contributed by atoms with Crippen LogP contribution in [0.1, 0.15) is 73.1 Å². The van der Waals surface area contributed by atoms with Crippen LogP contribution < -0.4 is 0 Å². The highest BCUT2D eigenvalue weighted by molar-refractivity contribution is 4.77. The zero-order valence-corrected chi connectivity index (χ0v) is 10.3. The van der Waals surface area contributed by atoms with Crippen molar-refractivity contribution in [2.24, 2.45) is 11.3 Å². The third-order valence-corrected chi connectivity index (χ3v) is 3.27. The van der Waals surface area contributed by atoms with Crippen LogP contribution in [0, 0.1) is 11.3 Å². The van der Waals surface area contributed by atoms with Crippen molar-refractivity contribution >= 4 is 0 Å². The predicted molar refractivity (Wildman–Crippen MR) is 62.0 cm³/mol. The van der Waals surface area contributed by atoms with Gasteiger partial charge < -0.3 is 0 Å². The highest BCUT2D eigenvalue weighted by Gasteiger charge is 2.26. The molecule has 0 aliphatic rings. The van der Waals surface area contributed by atoms with Gasteiger partial charge in [-0.25, -0.2) is 0 Å². The fraction of sp³-hybridized carbons (Fsp3) is 1.00. The highest BCUT2D eigenvalue weighted by Crippen LogP contribution is 2.37. The van der Waals surface area contributed by atoms with Crippen LogP contribution in [0.25, 0.3) is 0 Å². The second-order valence-electron chi connectivity index (χ2n) is 5.01. The molecule has 0 rings (SSSR count). The van der Waals surface area contributed by atoms with Gasteiger partial charge in [-0.05, 0) is 17.8 Å². The quantitative estimate of drug-likeness (QED) is 0.520. The van der Waals surface area contributed by atoms with Gasteiger partial charge in [0.2, 0.25) is 0 Å². The first-order chi connectivity index (χ1) is 6.08. The van der Waals surface area contributed by atoms with Crippen molar-refractivity contribution in [3.05, 3.63) is 0 Å². The largest absolute Gasteiger partial charge is 0.0654 e. The lowest BCUT2D eigenvalue weighted by atomic mass is 9.71. The van der Waals surface area contributed by atoms with Gasteiger partial charge in [-0.2, -0.15) is 0 Å². The number of rotatable bonds is 7. The van der Waals surface area contributed by atoms with Crippen molar-refractivity contribution in [1.29, 1.82) is 0 Å². The molecule has 0 aliphatic carbocycles. The minimum absolute atomic E-state index is 0.570. The minimum atomic E-state index is 0.570. The average molecular weight is 184 g/mol. The van der Waals surface area contributed by atoms with Gasteiger partial charge in [0.25, 0.3) is 0 Å². The molecular formula is C13H28. The molecule has 0 aliphatic heterocycles. The molecular weight excluding hydrogens is 156 g/mol. The van der Waals surface area contributed by atoms with Crippen LogP contribution in [0.2, 0.25) is 0 Å². The lowest BCUT2D eigenvalue weighted by Crippen LogP contribution is -2.23. The Morgan fingerprint density at radius 2 is 1.31 bits per heavy atom. The summed E-state index contributed by atoms with van der Waals surface area (Å²) < 4.78 is 0. The van der Waals surface area contributed by atoms with E-state index in [-0.39, 0.29) is 0 Å². The van der Waals surface area contributed by atoms with Crippen LogP contribution in [-0.2, 0) is 0 Å². The Labute approximate surface area is 85.1 Å². The fourth-order valence-corrected chi connectivity index (χ4v) is 2.47. The standard InChI is InChI=1S/C13H28/c1-6-9-12(10-7-2)13(4,5)11-8-3/h12H,6-11H2,1-5H3. The lowest BCUT2D eigenvalue weighted by Gasteiger charge is -2.34. The Kier molecular flexibility index (Phi) is 6.45. The molecule has 0 saturated carbocycles. The third kappa shape index (κ3) is 4.69. The summed E-state index contributed by atoms with van der Waals surface area (Å²) in [6.07, 6.45) is 8.24. The normalized spacial score (nSPS) is 12.5. The van der Waals surface area contributed by atoms with Crippen LogP contribution >= 0.6 is 0 Å². The topological polar surface area (TPSA) is 0 Å². The maximum absolute atomic E-state index is 2.45. The molecule has 0 fully saturated rings. The van der Waals surface area contributed by atoms with Crippen molar-refractivity contribution in [3.63, 3.8) is 0 Å². The molecule has 80 valence electrons. The van der Waals surface area contributed by atoms with Gasteiger partial charge in [-0.1, -0.05) is 66.7 Å². The molecule has 0 aromatic carbocycles. The van der Waals surface area contributed by atoms with E-state index in [0.29, 0.717) is 5.41 Å². The van der Waals surface area contributed by atoms with Gasteiger partial charge in [-0.15, -0.1) is 0 Å². The first kappa shape index (κ1) is 13.0. The first-order valence-electron chi connectivity index (χ1n) is 6.08. The number of hydrogen-bond acceptors (Lipinski definition) is 0. The van der Waals surface area contributed by atoms with E-state index >= 15 is 0 Å². The lowest BCUT2D eigenvalue weighted by molar-refractivity contribution is 0.168. The summed E-state index contributed by atoms with van der Waals surface area (Å²) in [5.41, 5.74) is 0.570. The molecule has 0 spiro atoms. The molecule has 0 N–H and O–H groups in total. The Balaban J connectivity index is 4.13. The van der Waals surface area contributed by atoms with Crippen LogP contribution in [0.15, 0.2) is 0 Å². The summed E-state index contributed by atoms with van der Waals surface area (Å²) in [5.74, 6) is 0.947. The van der Waals surface area contributed by atoms with Crippen LogP contribution in [-0.4, -0.2) is 0 Å². The van der Waals surface area contributed by atoms with E-state index in [1.165, 1.54) is 38.5 Å².